The number of anilines is 1. The number of hydrogen-bond acceptors (Lipinski definition) is 7. The van der Waals surface area contributed by atoms with Gasteiger partial charge >= 0.3 is 0 Å². The summed E-state index contributed by atoms with van der Waals surface area (Å²) in [6, 6.07) is 2.05. The fourth-order valence-corrected chi connectivity index (χ4v) is 3.77. The van der Waals surface area contributed by atoms with E-state index in [1.807, 2.05) is 31.9 Å². The summed E-state index contributed by atoms with van der Waals surface area (Å²) in [6.45, 7) is 6.86. The van der Waals surface area contributed by atoms with Crippen molar-refractivity contribution in [2.75, 3.05) is 5.32 Å². The largest absolute Gasteiger partial charge is 0.377 e. The normalized spacial score (nSPS) is 11.6. The maximum absolute atomic E-state index is 4.85. The summed E-state index contributed by atoms with van der Waals surface area (Å²) < 4.78 is 3.55. The average molecular weight is 382 g/mol. The topological polar surface area (TPSA) is 86.3 Å². The first kappa shape index (κ1) is 17.6. The monoisotopic (exact) mass is 382 g/mol. The molecule has 0 atom stereocenters. The summed E-state index contributed by atoms with van der Waals surface area (Å²) in [5.74, 6) is 1.03. The highest BCUT2D eigenvalue weighted by Gasteiger charge is 2.19. The van der Waals surface area contributed by atoms with Crippen LogP contribution in [0, 0.1) is 6.92 Å². The smallest absolute Gasteiger partial charge is 0.169 e. The molecular formula is C18H22N8S. The van der Waals surface area contributed by atoms with E-state index in [1.54, 1.807) is 22.3 Å². The molecule has 0 bridgehead atoms. The number of aryl methyl sites for hydroxylation is 3. The van der Waals surface area contributed by atoms with Crippen molar-refractivity contribution in [3.8, 4) is 10.7 Å². The lowest BCUT2D eigenvalue weighted by atomic mass is 10.1. The van der Waals surface area contributed by atoms with Gasteiger partial charge in [0.05, 0.1) is 17.6 Å². The molecule has 8 nitrogen and oxygen atoms in total. The van der Waals surface area contributed by atoms with Crippen molar-refractivity contribution in [2.24, 2.45) is 14.1 Å². The Hall–Kier alpha value is -2.81. The van der Waals surface area contributed by atoms with E-state index in [1.165, 1.54) is 0 Å². The maximum atomic E-state index is 4.85. The zero-order chi connectivity index (χ0) is 19.1. The van der Waals surface area contributed by atoms with Crippen LogP contribution in [0.5, 0.6) is 0 Å². The first-order valence-electron chi connectivity index (χ1n) is 8.81. The molecule has 4 heterocycles. The molecule has 0 fully saturated rings. The number of nitrogens with zero attached hydrogens (tertiary/aromatic N) is 7. The van der Waals surface area contributed by atoms with Crippen LogP contribution in [0.2, 0.25) is 0 Å². The van der Waals surface area contributed by atoms with E-state index in [2.05, 4.69) is 40.3 Å². The molecule has 0 aliphatic carbocycles. The number of rotatable bonds is 5. The van der Waals surface area contributed by atoms with Gasteiger partial charge in [-0.1, -0.05) is 13.8 Å². The van der Waals surface area contributed by atoms with E-state index in [-0.39, 0.29) is 5.92 Å². The molecule has 4 aromatic rings. The van der Waals surface area contributed by atoms with Gasteiger partial charge in [0.15, 0.2) is 11.5 Å². The standard InChI is InChI=1S/C18H22N8S/c1-10(2)16-15-12(19-8-14-21-9-25(4)23-14)6-13(18-20-7-11(3)27-18)22-17(15)26(5)24-16/h6-7,9-10H,8H2,1-5H3,(H,19,22). The Kier molecular flexibility index (Phi) is 4.39. The zero-order valence-corrected chi connectivity index (χ0v) is 16.9. The summed E-state index contributed by atoms with van der Waals surface area (Å²) in [6.07, 6.45) is 3.58. The number of fused-ring (bicyclic) bond motifs is 1. The van der Waals surface area contributed by atoms with Gasteiger partial charge in [-0.25, -0.2) is 15.0 Å². The summed E-state index contributed by atoms with van der Waals surface area (Å²) >= 11 is 1.64. The zero-order valence-electron chi connectivity index (χ0n) is 16.1. The van der Waals surface area contributed by atoms with Crippen molar-refractivity contribution in [1.82, 2.24) is 34.5 Å². The number of nitrogens with one attached hydrogen (secondary N) is 1. The van der Waals surface area contributed by atoms with E-state index in [0.29, 0.717) is 6.54 Å². The Labute approximate surface area is 161 Å². The van der Waals surface area contributed by atoms with Crippen LogP contribution in [0.3, 0.4) is 0 Å². The number of pyridine rings is 1. The molecule has 0 saturated heterocycles. The third-order valence-corrected chi connectivity index (χ3v) is 5.23. The minimum Gasteiger partial charge on any atom is -0.377 e. The maximum Gasteiger partial charge on any atom is 0.169 e. The minimum atomic E-state index is 0.289. The molecule has 1 N–H and O–H groups in total. The number of thiazole rings is 1. The molecule has 0 unspecified atom stereocenters. The van der Waals surface area contributed by atoms with Crippen LogP contribution in [0.1, 0.15) is 36.2 Å². The fraction of sp³-hybridized carbons (Fsp3) is 0.389. The first-order chi connectivity index (χ1) is 12.9. The van der Waals surface area contributed by atoms with E-state index in [9.17, 15) is 0 Å². The van der Waals surface area contributed by atoms with E-state index in [0.717, 1.165) is 43.8 Å². The number of aromatic nitrogens is 7. The Morgan fingerprint density at radius 1 is 1.19 bits per heavy atom. The molecule has 0 amide bonds. The van der Waals surface area contributed by atoms with E-state index >= 15 is 0 Å². The van der Waals surface area contributed by atoms with Crippen LogP contribution in [0.4, 0.5) is 5.69 Å². The lowest BCUT2D eigenvalue weighted by Crippen LogP contribution is -2.04. The molecule has 0 radical (unpaired) electrons. The van der Waals surface area contributed by atoms with Gasteiger partial charge in [-0.2, -0.15) is 10.2 Å². The summed E-state index contributed by atoms with van der Waals surface area (Å²) in [7, 11) is 3.80. The second kappa shape index (κ2) is 6.73. The molecule has 4 aromatic heterocycles. The van der Waals surface area contributed by atoms with E-state index in [4.69, 9.17) is 10.1 Å². The van der Waals surface area contributed by atoms with Gasteiger partial charge < -0.3 is 5.32 Å². The molecule has 0 saturated carbocycles. The highest BCUT2D eigenvalue weighted by molar-refractivity contribution is 7.14. The molecule has 0 aromatic carbocycles. The van der Waals surface area contributed by atoms with Gasteiger partial charge in [0.2, 0.25) is 0 Å². The molecule has 4 rings (SSSR count). The van der Waals surface area contributed by atoms with Crippen LogP contribution in [0.15, 0.2) is 18.6 Å². The van der Waals surface area contributed by atoms with Crippen molar-refractivity contribution in [2.45, 2.75) is 33.2 Å². The minimum absolute atomic E-state index is 0.289. The third kappa shape index (κ3) is 3.30. The Balaban J connectivity index is 1.84. The molecule has 27 heavy (non-hydrogen) atoms. The summed E-state index contributed by atoms with van der Waals surface area (Å²) in [4.78, 5) is 14.8. The average Bonchev–Trinajstić information content (AvgIpc) is 3.32. The predicted octanol–water partition coefficient (Wildman–Crippen LogP) is 3.26. The molecule has 0 aliphatic rings. The van der Waals surface area contributed by atoms with Crippen molar-refractivity contribution >= 4 is 28.1 Å². The van der Waals surface area contributed by atoms with Gasteiger partial charge in [-0.3, -0.25) is 9.36 Å². The fourth-order valence-electron chi connectivity index (χ4n) is 3.04. The van der Waals surface area contributed by atoms with Crippen molar-refractivity contribution in [3.63, 3.8) is 0 Å². The second-order valence-electron chi connectivity index (χ2n) is 6.88. The van der Waals surface area contributed by atoms with Gasteiger partial charge in [0.1, 0.15) is 17.0 Å². The van der Waals surface area contributed by atoms with Gasteiger partial charge in [-0.05, 0) is 18.9 Å². The molecule has 0 spiro atoms. The van der Waals surface area contributed by atoms with Crippen molar-refractivity contribution in [3.05, 3.63) is 35.0 Å². The Bertz CT molecular complexity index is 1100. The van der Waals surface area contributed by atoms with Crippen LogP contribution < -0.4 is 5.32 Å². The lowest BCUT2D eigenvalue weighted by molar-refractivity contribution is 0.724. The van der Waals surface area contributed by atoms with Crippen LogP contribution in [0.25, 0.3) is 21.7 Å². The Morgan fingerprint density at radius 3 is 2.63 bits per heavy atom. The van der Waals surface area contributed by atoms with Crippen LogP contribution in [-0.4, -0.2) is 34.5 Å². The van der Waals surface area contributed by atoms with Crippen molar-refractivity contribution < 1.29 is 0 Å². The van der Waals surface area contributed by atoms with Crippen molar-refractivity contribution in [1.29, 1.82) is 0 Å². The molecule has 140 valence electrons. The highest BCUT2D eigenvalue weighted by atomic mass is 32.1. The Morgan fingerprint density at radius 2 is 2.00 bits per heavy atom. The number of hydrogen-bond donors (Lipinski definition) is 1. The first-order valence-corrected chi connectivity index (χ1v) is 9.63. The van der Waals surface area contributed by atoms with Gasteiger partial charge in [0, 0.05) is 30.9 Å². The molecule has 0 aliphatic heterocycles. The lowest BCUT2D eigenvalue weighted by Gasteiger charge is -2.10. The molecule has 9 heteroatoms. The van der Waals surface area contributed by atoms with Crippen LogP contribution in [-0.2, 0) is 20.6 Å². The second-order valence-corrected chi connectivity index (χ2v) is 8.12. The van der Waals surface area contributed by atoms with E-state index < -0.39 is 0 Å². The highest BCUT2D eigenvalue weighted by Crippen LogP contribution is 2.34. The summed E-state index contributed by atoms with van der Waals surface area (Å²) in [5.41, 5.74) is 3.70. The quantitative estimate of drug-likeness (QED) is 0.570. The van der Waals surface area contributed by atoms with Crippen LogP contribution >= 0.6 is 11.3 Å². The third-order valence-electron chi connectivity index (χ3n) is 4.29. The predicted molar refractivity (Wildman–Crippen MR) is 107 cm³/mol. The summed E-state index contributed by atoms with van der Waals surface area (Å²) in [5, 5.41) is 14.5. The SMILES string of the molecule is Cc1cnc(-c2cc(NCc3ncn(C)n3)c3c(C(C)C)nn(C)c3n2)s1. The van der Waals surface area contributed by atoms with Gasteiger partial charge in [0.25, 0.3) is 0 Å². The molecular weight excluding hydrogens is 360 g/mol. The van der Waals surface area contributed by atoms with Gasteiger partial charge in [-0.15, -0.1) is 11.3 Å².